The molecule has 5 nitrogen and oxygen atoms in total. The van der Waals surface area contributed by atoms with E-state index < -0.39 is 4.33 Å². The zero-order valence-electron chi connectivity index (χ0n) is 11.7. The number of carbonyl (C=O) groups is 2. The molecule has 0 radical (unpaired) electrons. The molecule has 0 bridgehead atoms. The van der Waals surface area contributed by atoms with Crippen molar-refractivity contribution < 1.29 is 9.59 Å². The number of carbonyl (C=O) groups excluding carboxylic acids is 2. The number of alkyl halides is 2. The van der Waals surface area contributed by atoms with Crippen LogP contribution >= 0.6 is 23.2 Å². The highest BCUT2D eigenvalue weighted by Gasteiger charge is 2.56. The van der Waals surface area contributed by atoms with Gasteiger partial charge in [-0.3, -0.25) is 9.59 Å². The molecule has 1 N–H and O–H groups in total. The molecule has 1 atom stereocenters. The standard InChI is InChI=1S/C15H13Cl2N3O2/c1-20-7-6-18-13(20)12(21)9-2-4-10(5-3-9)19-14(22)11-8-15(11,16)17/h2-7,11H,8H2,1H3,(H,19,22). The van der Waals surface area contributed by atoms with Crippen molar-refractivity contribution in [2.24, 2.45) is 13.0 Å². The fourth-order valence-corrected chi connectivity index (χ4v) is 2.65. The van der Waals surface area contributed by atoms with Gasteiger partial charge in [-0.1, -0.05) is 0 Å². The van der Waals surface area contributed by atoms with Gasteiger partial charge in [-0.15, -0.1) is 23.2 Å². The van der Waals surface area contributed by atoms with Crippen molar-refractivity contribution in [2.75, 3.05) is 5.32 Å². The van der Waals surface area contributed by atoms with Crippen LogP contribution in [0.5, 0.6) is 0 Å². The van der Waals surface area contributed by atoms with Crippen molar-refractivity contribution in [3.8, 4) is 0 Å². The van der Waals surface area contributed by atoms with Crippen LogP contribution in [0.3, 0.4) is 0 Å². The van der Waals surface area contributed by atoms with Gasteiger partial charge in [0.25, 0.3) is 0 Å². The minimum Gasteiger partial charge on any atom is -0.331 e. The summed E-state index contributed by atoms with van der Waals surface area (Å²) in [5.41, 5.74) is 1.10. The third-order valence-corrected chi connectivity index (χ3v) is 4.42. The number of ketones is 1. The summed E-state index contributed by atoms with van der Waals surface area (Å²) >= 11 is 11.7. The van der Waals surface area contributed by atoms with Crippen LogP contribution in [0.25, 0.3) is 0 Å². The SMILES string of the molecule is Cn1ccnc1C(=O)c1ccc(NC(=O)C2CC2(Cl)Cl)cc1. The van der Waals surface area contributed by atoms with Gasteiger partial charge < -0.3 is 9.88 Å². The second kappa shape index (κ2) is 5.41. The van der Waals surface area contributed by atoms with Gasteiger partial charge in [0.2, 0.25) is 11.7 Å². The fraction of sp³-hybridized carbons (Fsp3) is 0.267. The molecule has 1 aliphatic rings. The molecular formula is C15H13Cl2N3O2. The zero-order chi connectivity index (χ0) is 15.9. The Kier molecular flexibility index (Phi) is 3.70. The lowest BCUT2D eigenvalue weighted by molar-refractivity contribution is -0.117. The Morgan fingerprint density at radius 1 is 1.32 bits per heavy atom. The van der Waals surface area contributed by atoms with Crippen LogP contribution in [0.2, 0.25) is 0 Å². The largest absolute Gasteiger partial charge is 0.331 e. The summed E-state index contributed by atoms with van der Waals surface area (Å²) in [5.74, 6) is -0.408. The number of aromatic nitrogens is 2. The molecule has 0 aliphatic heterocycles. The Balaban J connectivity index is 1.69. The number of rotatable bonds is 4. The lowest BCUT2D eigenvalue weighted by Crippen LogP contribution is -2.17. The van der Waals surface area contributed by atoms with Gasteiger partial charge in [-0.05, 0) is 30.7 Å². The summed E-state index contributed by atoms with van der Waals surface area (Å²) in [7, 11) is 1.76. The Labute approximate surface area is 137 Å². The van der Waals surface area contributed by atoms with Crippen LogP contribution in [0.1, 0.15) is 22.6 Å². The van der Waals surface area contributed by atoms with E-state index in [0.29, 0.717) is 23.5 Å². The van der Waals surface area contributed by atoms with Crippen molar-refractivity contribution in [1.29, 1.82) is 0 Å². The smallest absolute Gasteiger partial charge is 0.230 e. The second-order valence-corrected chi connectivity index (χ2v) is 6.82. The molecule has 1 saturated carbocycles. The number of hydrogen-bond acceptors (Lipinski definition) is 3. The Bertz CT molecular complexity index is 738. The number of halogens is 2. The van der Waals surface area contributed by atoms with Crippen LogP contribution < -0.4 is 5.32 Å². The molecule has 1 amide bonds. The van der Waals surface area contributed by atoms with E-state index in [0.717, 1.165) is 0 Å². The highest BCUT2D eigenvalue weighted by molar-refractivity contribution is 6.52. The third kappa shape index (κ3) is 2.87. The van der Waals surface area contributed by atoms with Crippen LogP contribution in [0, 0.1) is 5.92 Å². The van der Waals surface area contributed by atoms with Gasteiger partial charge in [-0.25, -0.2) is 4.98 Å². The lowest BCUT2D eigenvalue weighted by Gasteiger charge is -2.06. The first kappa shape index (κ1) is 15.1. The fourth-order valence-electron chi connectivity index (χ4n) is 2.15. The van der Waals surface area contributed by atoms with Crippen LogP contribution in [0.4, 0.5) is 5.69 Å². The van der Waals surface area contributed by atoms with E-state index in [1.807, 2.05) is 0 Å². The zero-order valence-corrected chi connectivity index (χ0v) is 13.2. The predicted molar refractivity (Wildman–Crippen MR) is 84.3 cm³/mol. The summed E-state index contributed by atoms with van der Waals surface area (Å²) < 4.78 is 0.712. The highest BCUT2D eigenvalue weighted by Crippen LogP contribution is 2.53. The lowest BCUT2D eigenvalue weighted by atomic mass is 10.1. The summed E-state index contributed by atoms with van der Waals surface area (Å²) in [6.45, 7) is 0. The number of aryl methyl sites for hydroxylation is 1. The first-order valence-corrected chi connectivity index (χ1v) is 7.45. The number of hydrogen-bond donors (Lipinski definition) is 1. The van der Waals surface area contributed by atoms with Gasteiger partial charge >= 0.3 is 0 Å². The molecule has 0 spiro atoms. The predicted octanol–water partition coefficient (Wildman–Crippen LogP) is 2.78. The summed E-state index contributed by atoms with van der Waals surface area (Å²) in [4.78, 5) is 28.2. The van der Waals surface area contributed by atoms with Crippen molar-refractivity contribution in [1.82, 2.24) is 9.55 Å². The van der Waals surface area contributed by atoms with Crippen molar-refractivity contribution in [3.05, 3.63) is 48.0 Å². The van der Waals surface area contributed by atoms with E-state index in [-0.39, 0.29) is 17.6 Å². The highest BCUT2D eigenvalue weighted by atomic mass is 35.5. The number of anilines is 1. The number of benzene rings is 1. The Hall–Kier alpha value is -1.85. The van der Waals surface area contributed by atoms with E-state index in [1.165, 1.54) is 0 Å². The maximum atomic E-state index is 12.3. The van der Waals surface area contributed by atoms with E-state index >= 15 is 0 Å². The number of imidazole rings is 1. The van der Waals surface area contributed by atoms with E-state index in [9.17, 15) is 9.59 Å². The molecule has 7 heteroatoms. The molecule has 1 aromatic heterocycles. The monoisotopic (exact) mass is 337 g/mol. The quantitative estimate of drug-likeness (QED) is 0.689. The Morgan fingerprint density at radius 3 is 2.45 bits per heavy atom. The molecule has 1 heterocycles. The molecule has 1 fully saturated rings. The normalized spacial score (nSPS) is 18.8. The van der Waals surface area contributed by atoms with Crippen LogP contribution in [0.15, 0.2) is 36.7 Å². The van der Waals surface area contributed by atoms with Gasteiger partial charge in [-0.2, -0.15) is 0 Å². The minimum absolute atomic E-state index is 0.173. The number of amides is 1. The average molecular weight is 338 g/mol. The number of nitrogens with zero attached hydrogens (tertiary/aromatic N) is 2. The van der Waals surface area contributed by atoms with Gasteiger partial charge in [0.1, 0.15) is 4.33 Å². The van der Waals surface area contributed by atoms with E-state index in [1.54, 1.807) is 48.3 Å². The van der Waals surface area contributed by atoms with Crippen molar-refractivity contribution in [2.45, 2.75) is 10.8 Å². The molecular weight excluding hydrogens is 325 g/mol. The minimum atomic E-state index is -0.946. The van der Waals surface area contributed by atoms with Gasteiger partial charge in [0.15, 0.2) is 5.82 Å². The summed E-state index contributed by atoms with van der Waals surface area (Å²) in [6.07, 6.45) is 3.74. The molecule has 3 rings (SSSR count). The molecule has 1 aliphatic carbocycles. The topological polar surface area (TPSA) is 64.0 Å². The molecule has 1 unspecified atom stereocenters. The molecule has 0 saturated heterocycles. The maximum absolute atomic E-state index is 12.3. The molecule has 2 aromatic rings. The van der Waals surface area contributed by atoms with Gasteiger partial charge in [0.05, 0.1) is 5.92 Å². The summed E-state index contributed by atoms with van der Waals surface area (Å²) in [6, 6.07) is 6.63. The summed E-state index contributed by atoms with van der Waals surface area (Å²) in [5, 5.41) is 2.73. The molecule has 22 heavy (non-hydrogen) atoms. The van der Waals surface area contributed by atoms with E-state index in [4.69, 9.17) is 23.2 Å². The van der Waals surface area contributed by atoms with Crippen molar-refractivity contribution in [3.63, 3.8) is 0 Å². The number of nitrogens with one attached hydrogen (secondary N) is 1. The van der Waals surface area contributed by atoms with Crippen LogP contribution in [-0.4, -0.2) is 25.6 Å². The maximum Gasteiger partial charge on any atom is 0.230 e. The van der Waals surface area contributed by atoms with Gasteiger partial charge in [0, 0.05) is 30.7 Å². The third-order valence-electron chi connectivity index (χ3n) is 3.58. The second-order valence-electron chi connectivity index (χ2n) is 5.28. The van der Waals surface area contributed by atoms with E-state index in [2.05, 4.69) is 10.3 Å². The molecule has 1 aromatic carbocycles. The molecule has 114 valence electrons. The first-order chi connectivity index (χ1) is 10.4. The average Bonchev–Trinajstić information content (AvgIpc) is 2.91. The van der Waals surface area contributed by atoms with Crippen LogP contribution in [-0.2, 0) is 11.8 Å². The Morgan fingerprint density at radius 2 is 1.95 bits per heavy atom. The van der Waals surface area contributed by atoms with Crippen molar-refractivity contribution >= 4 is 40.6 Å². The first-order valence-electron chi connectivity index (χ1n) is 6.69.